The summed E-state index contributed by atoms with van der Waals surface area (Å²) in [5, 5.41) is 3.19. The van der Waals surface area contributed by atoms with Gasteiger partial charge in [-0.2, -0.15) is 0 Å². The Kier molecular flexibility index (Phi) is 8.00. The third-order valence-corrected chi connectivity index (χ3v) is 6.59. The third-order valence-electron chi connectivity index (χ3n) is 5.39. The lowest BCUT2D eigenvalue weighted by atomic mass is 9.97. The summed E-state index contributed by atoms with van der Waals surface area (Å²) >= 11 is 1.58. The molecule has 9 nitrogen and oxygen atoms in total. The molecule has 0 radical (unpaired) electrons. The van der Waals surface area contributed by atoms with E-state index < -0.39 is 30.5 Å². The van der Waals surface area contributed by atoms with Crippen molar-refractivity contribution < 1.29 is 23.9 Å². The van der Waals surface area contributed by atoms with Crippen molar-refractivity contribution in [3.05, 3.63) is 27.1 Å². The fourth-order valence-corrected chi connectivity index (χ4v) is 5.05. The van der Waals surface area contributed by atoms with E-state index in [-0.39, 0.29) is 24.4 Å². The molecule has 1 aliphatic carbocycles. The largest absolute Gasteiger partial charge is 0.467 e. The van der Waals surface area contributed by atoms with Crippen LogP contribution in [0, 0.1) is 5.92 Å². The number of nitrogens with one attached hydrogen (secondary N) is 1. The number of ether oxygens (including phenoxy) is 2. The van der Waals surface area contributed by atoms with Gasteiger partial charge >= 0.3 is 11.9 Å². The fourth-order valence-electron chi connectivity index (χ4n) is 3.83. The number of nitrogens with zero attached hydrogens (tertiary/aromatic N) is 2. The lowest BCUT2D eigenvalue weighted by molar-refractivity contribution is -0.150. The quantitative estimate of drug-likeness (QED) is 0.565. The normalized spacial score (nSPS) is 14.1. The molecule has 1 amide bonds. The summed E-state index contributed by atoms with van der Waals surface area (Å²) in [7, 11) is 1.25. The summed E-state index contributed by atoms with van der Waals surface area (Å²) in [6.45, 7) is 3.45. The van der Waals surface area contributed by atoms with Crippen LogP contribution in [0.3, 0.4) is 0 Å². The molecule has 0 bridgehead atoms. The Morgan fingerprint density at radius 3 is 2.72 bits per heavy atom. The summed E-state index contributed by atoms with van der Waals surface area (Å²) in [4.78, 5) is 55.3. The summed E-state index contributed by atoms with van der Waals surface area (Å²) in [6, 6.07) is -0.792. The van der Waals surface area contributed by atoms with Crippen LogP contribution in [0.5, 0.6) is 0 Å². The molecule has 1 N–H and O–H groups in total. The van der Waals surface area contributed by atoms with Crippen molar-refractivity contribution in [2.24, 2.45) is 5.92 Å². The van der Waals surface area contributed by atoms with Crippen LogP contribution in [0.1, 0.15) is 50.0 Å². The molecular formula is C22H29N3O6S. The molecule has 0 spiro atoms. The molecule has 32 heavy (non-hydrogen) atoms. The highest BCUT2D eigenvalue weighted by molar-refractivity contribution is 7.18. The number of hydrogen-bond acceptors (Lipinski definition) is 8. The number of carbonyl (C=O) groups is 3. The number of amides is 1. The molecule has 0 aliphatic heterocycles. The average Bonchev–Trinajstić information content (AvgIpc) is 3.15. The van der Waals surface area contributed by atoms with Crippen LogP contribution < -0.4 is 10.9 Å². The zero-order valence-electron chi connectivity index (χ0n) is 18.6. The maximum absolute atomic E-state index is 12.9. The molecule has 0 saturated heterocycles. The molecule has 0 saturated carbocycles. The van der Waals surface area contributed by atoms with Gasteiger partial charge in [-0.05, 0) is 43.6 Å². The molecular weight excluding hydrogens is 434 g/mol. The summed E-state index contributed by atoms with van der Waals surface area (Å²) in [5.41, 5.74) is 0.957. The van der Waals surface area contributed by atoms with E-state index in [9.17, 15) is 19.2 Å². The number of esters is 2. The van der Waals surface area contributed by atoms with E-state index in [1.165, 1.54) is 22.9 Å². The molecule has 1 unspecified atom stereocenters. The minimum atomic E-state index is -0.792. The van der Waals surface area contributed by atoms with Gasteiger partial charge in [-0.1, -0.05) is 13.8 Å². The predicted octanol–water partition coefficient (Wildman–Crippen LogP) is 1.97. The van der Waals surface area contributed by atoms with E-state index in [1.807, 2.05) is 13.8 Å². The van der Waals surface area contributed by atoms with Crippen LogP contribution in [-0.2, 0) is 43.2 Å². The van der Waals surface area contributed by atoms with Crippen LogP contribution in [0.25, 0.3) is 10.2 Å². The summed E-state index contributed by atoms with van der Waals surface area (Å²) < 4.78 is 11.1. The number of methoxy groups -OCH3 is 1. The van der Waals surface area contributed by atoms with Crippen LogP contribution in [0.2, 0.25) is 0 Å². The second kappa shape index (κ2) is 10.7. The van der Waals surface area contributed by atoms with E-state index in [0.29, 0.717) is 11.8 Å². The van der Waals surface area contributed by atoms with Gasteiger partial charge in [0.15, 0.2) is 6.61 Å². The van der Waals surface area contributed by atoms with Crippen molar-refractivity contribution >= 4 is 39.4 Å². The average molecular weight is 464 g/mol. The smallest absolute Gasteiger partial charge is 0.328 e. The lowest BCUT2D eigenvalue weighted by Gasteiger charge is -2.18. The van der Waals surface area contributed by atoms with Crippen LogP contribution in [0.4, 0.5) is 0 Å². The highest BCUT2D eigenvalue weighted by Crippen LogP contribution is 2.33. The van der Waals surface area contributed by atoms with E-state index in [1.54, 1.807) is 11.3 Å². The molecule has 3 rings (SSSR count). The first-order chi connectivity index (χ1) is 15.3. The number of fused-ring (bicyclic) bond motifs is 3. The van der Waals surface area contributed by atoms with Gasteiger partial charge in [0.05, 0.1) is 25.2 Å². The monoisotopic (exact) mass is 463 g/mol. The lowest BCUT2D eigenvalue weighted by Crippen LogP contribution is -2.44. The highest BCUT2D eigenvalue weighted by Gasteiger charge is 2.23. The first-order valence-corrected chi connectivity index (χ1v) is 11.6. The van der Waals surface area contributed by atoms with Crippen molar-refractivity contribution in [3.8, 4) is 0 Å². The molecule has 2 heterocycles. The number of aromatic nitrogens is 2. The van der Waals surface area contributed by atoms with Gasteiger partial charge in [0, 0.05) is 11.4 Å². The van der Waals surface area contributed by atoms with Gasteiger partial charge in [-0.15, -0.1) is 11.3 Å². The Bertz CT molecular complexity index is 1060. The third kappa shape index (κ3) is 5.73. The molecule has 174 valence electrons. The molecule has 1 atom stereocenters. The van der Waals surface area contributed by atoms with Gasteiger partial charge in [0.25, 0.3) is 11.5 Å². The second-order valence-corrected chi connectivity index (χ2v) is 9.40. The van der Waals surface area contributed by atoms with Crippen molar-refractivity contribution in [3.63, 3.8) is 0 Å². The molecule has 1 aliphatic rings. The van der Waals surface area contributed by atoms with Gasteiger partial charge < -0.3 is 14.8 Å². The van der Waals surface area contributed by atoms with Crippen LogP contribution in [0.15, 0.2) is 11.1 Å². The minimum absolute atomic E-state index is 0.0703. The fraction of sp³-hybridized carbons (Fsp3) is 0.591. The summed E-state index contributed by atoms with van der Waals surface area (Å²) in [5.74, 6) is -1.58. The van der Waals surface area contributed by atoms with Gasteiger partial charge in [-0.3, -0.25) is 19.0 Å². The first-order valence-electron chi connectivity index (χ1n) is 10.8. The number of hydrogen-bond donors (Lipinski definition) is 1. The van der Waals surface area contributed by atoms with Gasteiger partial charge in [0.1, 0.15) is 10.9 Å². The van der Waals surface area contributed by atoms with Gasteiger partial charge in [-0.25, -0.2) is 9.78 Å². The zero-order chi connectivity index (χ0) is 23.3. The number of thiophene rings is 1. The van der Waals surface area contributed by atoms with E-state index in [2.05, 4.69) is 10.3 Å². The Morgan fingerprint density at radius 2 is 2.00 bits per heavy atom. The van der Waals surface area contributed by atoms with E-state index in [0.717, 1.165) is 36.1 Å². The Morgan fingerprint density at radius 1 is 1.25 bits per heavy atom. The maximum Gasteiger partial charge on any atom is 0.328 e. The van der Waals surface area contributed by atoms with Crippen molar-refractivity contribution in [1.29, 1.82) is 0 Å². The highest BCUT2D eigenvalue weighted by atomic mass is 32.1. The van der Waals surface area contributed by atoms with Crippen molar-refractivity contribution in [2.45, 2.75) is 65.0 Å². The molecule has 0 fully saturated rings. The van der Waals surface area contributed by atoms with Crippen molar-refractivity contribution in [2.75, 3.05) is 13.7 Å². The molecule has 2 aromatic heterocycles. The van der Waals surface area contributed by atoms with Crippen LogP contribution >= 0.6 is 11.3 Å². The predicted molar refractivity (Wildman–Crippen MR) is 119 cm³/mol. The van der Waals surface area contributed by atoms with E-state index in [4.69, 9.17) is 9.47 Å². The summed E-state index contributed by atoms with van der Waals surface area (Å²) in [6.07, 6.45) is 5.87. The van der Waals surface area contributed by atoms with Crippen LogP contribution in [-0.4, -0.2) is 47.2 Å². The maximum atomic E-state index is 12.9. The number of carbonyl (C=O) groups excluding carboxylic acids is 3. The molecule has 0 aromatic carbocycles. The SMILES string of the molecule is COC(=O)C(CC(C)C)NC(=O)COC(=O)CCn1cnc2sc3c(c2c1=O)CCCC3. The van der Waals surface area contributed by atoms with Gasteiger partial charge in [0.2, 0.25) is 0 Å². The topological polar surface area (TPSA) is 117 Å². The van der Waals surface area contributed by atoms with E-state index >= 15 is 0 Å². The second-order valence-electron chi connectivity index (χ2n) is 8.32. The number of aryl methyl sites for hydroxylation is 3. The molecule has 2 aromatic rings. The Labute approximate surface area is 190 Å². The Hall–Kier alpha value is -2.75. The first kappa shape index (κ1) is 23.9. The minimum Gasteiger partial charge on any atom is -0.467 e. The molecule has 10 heteroatoms. The Balaban J connectivity index is 1.54. The van der Waals surface area contributed by atoms with Crippen molar-refractivity contribution in [1.82, 2.24) is 14.9 Å². The standard InChI is InChI=1S/C22H29N3O6S/c1-13(2)10-15(22(29)30-3)24-17(26)11-31-18(27)8-9-25-12-23-20-19(21(25)28)14-6-4-5-7-16(14)32-20/h12-13,15H,4-11H2,1-3H3,(H,24,26). The zero-order valence-corrected chi connectivity index (χ0v) is 19.5. The number of rotatable bonds is 9.